The Morgan fingerprint density at radius 2 is 1.60 bits per heavy atom. The molecule has 15 heavy (non-hydrogen) atoms. The molecule has 0 saturated carbocycles. The first-order chi connectivity index (χ1) is 6.85. The molecule has 0 rings (SSSR count). The van der Waals surface area contributed by atoms with E-state index in [2.05, 4.69) is 27.7 Å². The molecule has 1 N–H and O–H groups in total. The summed E-state index contributed by atoms with van der Waals surface area (Å²) in [6, 6.07) is 0. The molecule has 0 unspecified atom stereocenters. The fourth-order valence-electron chi connectivity index (χ4n) is 1.96. The van der Waals surface area contributed by atoms with Crippen LogP contribution >= 0.6 is 0 Å². The Morgan fingerprint density at radius 1 is 1.00 bits per heavy atom. The third-order valence-electron chi connectivity index (χ3n) is 2.99. The Bertz CT molecular complexity index is 144. The van der Waals surface area contributed by atoms with Gasteiger partial charge in [-0.15, -0.1) is 0 Å². The molecule has 0 aliphatic heterocycles. The molecular formula is C14H30O. The minimum atomic E-state index is -0.126. The summed E-state index contributed by atoms with van der Waals surface area (Å²) in [4.78, 5) is 0. The fourth-order valence-corrected chi connectivity index (χ4v) is 1.96. The van der Waals surface area contributed by atoms with E-state index in [1.165, 1.54) is 32.1 Å². The second kappa shape index (κ2) is 7.27. The summed E-state index contributed by atoms with van der Waals surface area (Å²) in [6.45, 7) is 11.1. The van der Waals surface area contributed by atoms with E-state index in [1.807, 2.05) is 6.92 Å². The first-order valence-corrected chi connectivity index (χ1v) is 6.53. The van der Waals surface area contributed by atoms with E-state index in [9.17, 15) is 5.11 Å². The van der Waals surface area contributed by atoms with Crippen LogP contribution in [0.3, 0.4) is 0 Å². The number of hydrogen-bond donors (Lipinski definition) is 1. The monoisotopic (exact) mass is 214 g/mol. The molecule has 0 heterocycles. The molecule has 0 spiro atoms. The summed E-state index contributed by atoms with van der Waals surface area (Å²) in [5, 5.41) is 9.30. The van der Waals surface area contributed by atoms with Gasteiger partial charge >= 0.3 is 0 Å². The van der Waals surface area contributed by atoms with Gasteiger partial charge in [-0.3, -0.25) is 0 Å². The fraction of sp³-hybridized carbons (Fsp3) is 1.00. The average Bonchev–Trinajstić information content (AvgIpc) is 2.08. The molecule has 0 aromatic heterocycles. The highest BCUT2D eigenvalue weighted by Crippen LogP contribution is 2.28. The Labute approximate surface area is 96.3 Å². The van der Waals surface area contributed by atoms with Gasteiger partial charge < -0.3 is 5.11 Å². The molecule has 0 amide bonds. The predicted molar refractivity (Wildman–Crippen MR) is 68.0 cm³/mol. The van der Waals surface area contributed by atoms with Crippen molar-refractivity contribution in [1.82, 2.24) is 0 Å². The van der Waals surface area contributed by atoms with Crippen molar-refractivity contribution in [1.29, 1.82) is 0 Å². The van der Waals surface area contributed by atoms with Crippen LogP contribution < -0.4 is 0 Å². The molecule has 1 heteroatoms. The zero-order valence-electron chi connectivity index (χ0n) is 11.3. The van der Waals surface area contributed by atoms with Gasteiger partial charge in [-0.05, 0) is 43.9 Å². The molecule has 0 aliphatic rings. The number of hydrogen-bond acceptors (Lipinski definition) is 1. The largest absolute Gasteiger partial charge is 0.393 e. The molecular weight excluding hydrogens is 184 g/mol. The first-order valence-electron chi connectivity index (χ1n) is 6.53. The van der Waals surface area contributed by atoms with Crippen molar-refractivity contribution < 1.29 is 5.11 Å². The average molecular weight is 214 g/mol. The van der Waals surface area contributed by atoms with Crippen LogP contribution in [-0.2, 0) is 0 Å². The molecule has 0 aliphatic carbocycles. The molecule has 0 fully saturated rings. The standard InChI is InChI=1S/C14H30O/c1-6-7-13(9-8-12(2)15)10-11-14(3,4)5/h12-13,15H,6-11H2,1-5H3/t12-,13-/m1/s1. The van der Waals surface area contributed by atoms with Crippen LogP contribution in [0.15, 0.2) is 0 Å². The third kappa shape index (κ3) is 10.2. The van der Waals surface area contributed by atoms with E-state index in [0.29, 0.717) is 5.41 Å². The molecule has 2 atom stereocenters. The van der Waals surface area contributed by atoms with E-state index >= 15 is 0 Å². The van der Waals surface area contributed by atoms with Gasteiger partial charge in [0.25, 0.3) is 0 Å². The molecule has 0 radical (unpaired) electrons. The quantitative estimate of drug-likeness (QED) is 0.666. The van der Waals surface area contributed by atoms with Crippen molar-refractivity contribution in [3.05, 3.63) is 0 Å². The van der Waals surface area contributed by atoms with Crippen LogP contribution in [0.2, 0.25) is 0 Å². The molecule has 1 nitrogen and oxygen atoms in total. The molecule has 0 bridgehead atoms. The Balaban J connectivity index is 3.82. The smallest absolute Gasteiger partial charge is 0.0512 e. The van der Waals surface area contributed by atoms with Crippen molar-refractivity contribution in [2.45, 2.75) is 79.2 Å². The summed E-state index contributed by atoms with van der Waals surface area (Å²) < 4.78 is 0. The zero-order chi connectivity index (χ0) is 11.9. The van der Waals surface area contributed by atoms with Gasteiger partial charge in [0.1, 0.15) is 0 Å². The van der Waals surface area contributed by atoms with Crippen molar-refractivity contribution in [3.63, 3.8) is 0 Å². The summed E-state index contributed by atoms with van der Waals surface area (Å²) in [5.41, 5.74) is 0.455. The van der Waals surface area contributed by atoms with E-state index in [4.69, 9.17) is 0 Å². The molecule has 92 valence electrons. The maximum atomic E-state index is 9.30. The SMILES string of the molecule is CCC[C@H](CC[C@@H](C)O)CCC(C)(C)C. The lowest BCUT2D eigenvalue weighted by Gasteiger charge is -2.23. The van der Waals surface area contributed by atoms with Gasteiger partial charge in [0.15, 0.2) is 0 Å². The van der Waals surface area contributed by atoms with Crippen molar-refractivity contribution >= 4 is 0 Å². The third-order valence-corrected chi connectivity index (χ3v) is 2.99. The minimum absolute atomic E-state index is 0.126. The maximum Gasteiger partial charge on any atom is 0.0512 e. The van der Waals surface area contributed by atoms with Crippen molar-refractivity contribution in [3.8, 4) is 0 Å². The summed E-state index contributed by atoms with van der Waals surface area (Å²) >= 11 is 0. The Morgan fingerprint density at radius 3 is 2.00 bits per heavy atom. The van der Waals surface area contributed by atoms with Gasteiger partial charge in [-0.1, -0.05) is 40.5 Å². The highest BCUT2D eigenvalue weighted by Gasteiger charge is 2.15. The summed E-state index contributed by atoms with van der Waals surface area (Å²) in [7, 11) is 0. The van der Waals surface area contributed by atoms with Gasteiger partial charge in [-0.2, -0.15) is 0 Å². The number of aliphatic hydroxyl groups is 1. The van der Waals surface area contributed by atoms with E-state index in [-0.39, 0.29) is 6.10 Å². The highest BCUT2D eigenvalue weighted by atomic mass is 16.3. The van der Waals surface area contributed by atoms with Gasteiger partial charge in [0, 0.05) is 0 Å². The van der Waals surface area contributed by atoms with Crippen LogP contribution in [0.25, 0.3) is 0 Å². The van der Waals surface area contributed by atoms with Gasteiger partial charge in [0.05, 0.1) is 6.10 Å². The van der Waals surface area contributed by atoms with Crippen LogP contribution in [0.4, 0.5) is 0 Å². The van der Waals surface area contributed by atoms with E-state index < -0.39 is 0 Å². The van der Waals surface area contributed by atoms with Crippen molar-refractivity contribution in [2.75, 3.05) is 0 Å². The van der Waals surface area contributed by atoms with Gasteiger partial charge in [-0.25, -0.2) is 0 Å². The molecule has 0 saturated heterocycles. The molecule has 0 aromatic rings. The summed E-state index contributed by atoms with van der Waals surface area (Å²) in [6.07, 6.45) is 7.26. The highest BCUT2D eigenvalue weighted by molar-refractivity contribution is 4.67. The lowest BCUT2D eigenvalue weighted by Crippen LogP contribution is -2.11. The van der Waals surface area contributed by atoms with E-state index in [0.717, 1.165) is 12.3 Å². The van der Waals surface area contributed by atoms with Crippen LogP contribution in [0.5, 0.6) is 0 Å². The lowest BCUT2D eigenvalue weighted by molar-refractivity contribution is 0.168. The minimum Gasteiger partial charge on any atom is -0.393 e. The van der Waals surface area contributed by atoms with Crippen molar-refractivity contribution in [2.24, 2.45) is 11.3 Å². The first kappa shape index (κ1) is 15.0. The Kier molecular flexibility index (Phi) is 7.25. The molecule has 0 aromatic carbocycles. The van der Waals surface area contributed by atoms with Crippen LogP contribution in [0.1, 0.15) is 73.1 Å². The lowest BCUT2D eigenvalue weighted by atomic mass is 9.83. The van der Waals surface area contributed by atoms with Crippen LogP contribution in [0, 0.1) is 11.3 Å². The summed E-state index contributed by atoms with van der Waals surface area (Å²) in [5.74, 6) is 0.823. The normalized spacial score (nSPS) is 16.4. The second-order valence-electron chi connectivity index (χ2n) is 6.18. The topological polar surface area (TPSA) is 20.2 Å². The number of aliphatic hydroxyl groups excluding tert-OH is 1. The van der Waals surface area contributed by atoms with Gasteiger partial charge in [0.2, 0.25) is 0 Å². The zero-order valence-corrected chi connectivity index (χ0v) is 11.3. The van der Waals surface area contributed by atoms with Crippen LogP contribution in [-0.4, -0.2) is 11.2 Å². The second-order valence-corrected chi connectivity index (χ2v) is 6.18. The Hall–Kier alpha value is -0.0400. The van der Waals surface area contributed by atoms with E-state index in [1.54, 1.807) is 0 Å². The maximum absolute atomic E-state index is 9.30. The predicted octanol–water partition coefficient (Wildman–Crippen LogP) is 4.39. The number of rotatable bonds is 7.